The zero-order valence-electron chi connectivity index (χ0n) is 13.6. The highest BCUT2D eigenvalue weighted by Gasteiger charge is 2.19. The summed E-state index contributed by atoms with van der Waals surface area (Å²) in [4.78, 5) is 16.0. The molecule has 136 valence electrons. The first-order valence-electron chi connectivity index (χ1n) is 7.76. The van der Waals surface area contributed by atoms with Gasteiger partial charge in [0.2, 0.25) is 0 Å². The van der Waals surface area contributed by atoms with Crippen molar-refractivity contribution < 1.29 is 17.6 Å². The van der Waals surface area contributed by atoms with E-state index < -0.39 is 15.9 Å². The zero-order valence-corrected chi connectivity index (χ0v) is 15.2. The van der Waals surface area contributed by atoms with Crippen LogP contribution in [-0.4, -0.2) is 31.8 Å². The fraction of sp³-hybridized carbons (Fsp3) is 0.188. The zero-order chi connectivity index (χ0) is 18.6. The van der Waals surface area contributed by atoms with E-state index in [0.717, 1.165) is 6.42 Å². The van der Waals surface area contributed by atoms with Gasteiger partial charge < -0.3 is 9.73 Å². The molecule has 0 bridgehead atoms. The third-order valence-corrected chi connectivity index (χ3v) is 5.08. The number of nitrogens with one attached hydrogen (secondary N) is 3. The largest absolute Gasteiger partial charge is 0.459 e. The average molecular weight is 392 g/mol. The Morgan fingerprint density at radius 2 is 2.08 bits per heavy atom. The Morgan fingerprint density at radius 1 is 1.23 bits per heavy atom. The van der Waals surface area contributed by atoms with Crippen LogP contribution in [0, 0.1) is 0 Å². The van der Waals surface area contributed by atoms with Crippen molar-refractivity contribution in [3.8, 4) is 0 Å². The summed E-state index contributed by atoms with van der Waals surface area (Å²) >= 11 is 5.07. The van der Waals surface area contributed by atoms with Crippen molar-refractivity contribution in [1.82, 2.24) is 10.0 Å². The van der Waals surface area contributed by atoms with Crippen molar-refractivity contribution in [2.45, 2.75) is 17.7 Å². The van der Waals surface area contributed by atoms with Crippen LogP contribution in [-0.2, 0) is 10.0 Å². The smallest absolute Gasteiger partial charge is 0.293 e. The number of aliphatic imine (C=N–C) groups is 1. The molecule has 2 heterocycles. The van der Waals surface area contributed by atoms with Gasteiger partial charge in [-0.05, 0) is 49.0 Å². The first kappa shape index (κ1) is 18.1. The summed E-state index contributed by atoms with van der Waals surface area (Å²) in [5.74, 6) is 0.0776. The molecule has 26 heavy (non-hydrogen) atoms. The molecule has 0 spiro atoms. The highest BCUT2D eigenvalue weighted by molar-refractivity contribution is 7.90. The number of amidine groups is 1. The summed E-state index contributed by atoms with van der Waals surface area (Å²) in [6, 6.07) is 9.18. The van der Waals surface area contributed by atoms with Crippen LogP contribution in [0.4, 0.5) is 5.69 Å². The lowest BCUT2D eigenvalue weighted by Gasteiger charge is -2.11. The third-order valence-electron chi connectivity index (χ3n) is 3.50. The Labute approximate surface area is 155 Å². The average Bonchev–Trinajstić information content (AvgIpc) is 3.28. The number of thiocarbonyl (C=S) groups is 1. The molecule has 0 saturated heterocycles. The van der Waals surface area contributed by atoms with Gasteiger partial charge in [-0.3, -0.25) is 19.8 Å². The van der Waals surface area contributed by atoms with E-state index in [0.29, 0.717) is 24.5 Å². The summed E-state index contributed by atoms with van der Waals surface area (Å²) in [5, 5.41) is 5.25. The van der Waals surface area contributed by atoms with E-state index >= 15 is 0 Å². The van der Waals surface area contributed by atoms with E-state index in [1.54, 1.807) is 18.2 Å². The molecule has 1 amide bonds. The van der Waals surface area contributed by atoms with Gasteiger partial charge in [0.25, 0.3) is 15.9 Å². The highest BCUT2D eigenvalue weighted by atomic mass is 32.2. The van der Waals surface area contributed by atoms with E-state index in [1.165, 1.54) is 24.5 Å². The Hall–Kier alpha value is -2.72. The number of carbonyl (C=O) groups is 1. The van der Waals surface area contributed by atoms with Gasteiger partial charge in [-0.2, -0.15) is 0 Å². The van der Waals surface area contributed by atoms with Gasteiger partial charge in [-0.15, -0.1) is 0 Å². The van der Waals surface area contributed by atoms with Gasteiger partial charge in [-0.1, -0.05) is 6.07 Å². The molecule has 0 fully saturated rings. The quantitative estimate of drug-likeness (QED) is 0.685. The van der Waals surface area contributed by atoms with Crippen molar-refractivity contribution in [2.75, 3.05) is 11.9 Å². The number of hydrogen-bond donors (Lipinski definition) is 3. The second-order valence-corrected chi connectivity index (χ2v) is 7.54. The van der Waals surface area contributed by atoms with E-state index in [4.69, 9.17) is 16.6 Å². The predicted molar refractivity (Wildman–Crippen MR) is 101 cm³/mol. The molecule has 0 aliphatic carbocycles. The van der Waals surface area contributed by atoms with Crippen LogP contribution in [0.25, 0.3) is 0 Å². The molecule has 3 rings (SSSR count). The SMILES string of the molecule is O=C(NC(=S)Nc1cccc(S(=O)(=O)NC2=NCCC2)c1)c1ccco1. The standard InChI is InChI=1S/C16H16N4O4S2/c21-15(13-6-3-9-24-13)19-16(25)18-11-4-1-5-12(10-11)26(22,23)20-14-7-2-8-17-14/h1,3-6,9-10H,2,7-8H2,(H,17,20)(H2,18,19,21,25). The van der Waals surface area contributed by atoms with Crippen LogP contribution < -0.4 is 15.4 Å². The lowest BCUT2D eigenvalue weighted by Crippen LogP contribution is -2.34. The van der Waals surface area contributed by atoms with E-state index in [1.807, 2.05) is 0 Å². The summed E-state index contributed by atoms with van der Waals surface area (Å²) in [6.45, 7) is 0.628. The predicted octanol–water partition coefficient (Wildman–Crippen LogP) is 1.88. The van der Waals surface area contributed by atoms with Crippen LogP contribution in [0.2, 0.25) is 0 Å². The second kappa shape index (κ2) is 7.67. The number of anilines is 1. The molecule has 1 aromatic carbocycles. The van der Waals surface area contributed by atoms with Gasteiger partial charge >= 0.3 is 0 Å². The fourth-order valence-corrected chi connectivity index (χ4v) is 3.66. The molecule has 1 aliphatic heterocycles. The maximum Gasteiger partial charge on any atom is 0.293 e. The minimum absolute atomic E-state index is 0.0223. The molecule has 8 nitrogen and oxygen atoms in total. The van der Waals surface area contributed by atoms with Crippen LogP contribution in [0.15, 0.2) is 57.0 Å². The minimum Gasteiger partial charge on any atom is -0.459 e. The Balaban J connectivity index is 1.67. The monoisotopic (exact) mass is 392 g/mol. The van der Waals surface area contributed by atoms with Gasteiger partial charge in [0.15, 0.2) is 10.9 Å². The molecular formula is C16H16N4O4S2. The number of carbonyl (C=O) groups excluding carboxylic acids is 1. The van der Waals surface area contributed by atoms with Crippen LogP contribution in [0.1, 0.15) is 23.4 Å². The minimum atomic E-state index is -3.73. The summed E-state index contributed by atoms with van der Waals surface area (Å²) in [7, 11) is -3.73. The van der Waals surface area contributed by atoms with E-state index in [9.17, 15) is 13.2 Å². The van der Waals surface area contributed by atoms with Gasteiger partial charge in [0, 0.05) is 18.7 Å². The molecule has 1 aromatic heterocycles. The maximum atomic E-state index is 12.4. The lowest BCUT2D eigenvalue weighted by molar-refractivity contribution is 0.0950. The number of hydrogen-bond acceptors (Lipinski definition) is 6. The Morgan fingerprint density at radius 3 is 2.77 bits per heavy atom. The molecule has 0 saturated carbocycles. The fourth-order valence-electron chi connectivity index (χ4n) is 2.31. The second-order valence-electron chi connectivity index (χ2n) is 5.45. The molecule has 10 heteroatoms. The van der Waals surface area contributed by atoms with Gasteiger partial charge in [-0.25, -0.2) is 8.42 Å². The Bertz CT molecular complexity index is 952. The molecule has 0 atom stereocenters. The van der Waals surface area contributed by atoms with E-state index in [-0.39, 0.29) is 15.8 Å². The molecular weight excluding hydrogens is 376 g/mol. The number of rotatable bonds is 4. The van der Waals surface area contributed by atoms with Crippen LogP contribution >= 0.6 is 12.2 Å². The van der Waals surface area contributed by atoms with E-state index in [2.05, 4.69) is 20.3 Å². The van der Waals surface area contributed by atoms with Crippen molar-refractivity contribution in [2.24, 2.45) is 4.99 Å². The highest BCUT2D eigenvalue weighted by Crippen LogP contribution is 2.16. The number of amides is 1. The van der Waals surface area contributed by atoms with Crippen molar-refractivity contribution in [3.63, 3.8) is 0 Å². The lowest BCUT2D eigenvalue weighted by atomic mass is 10.3. The molecule has 2 aromatic rings. The summed E-state index contributed by atoms with van der Waals surface area (Å²) < 4.78 is 32.3. The first-order valence-corrected chi connectivity index (χ1v) is 9.65. The van der Waals surface area contributed by atoms with Gasteiger partial charge in [0.05, 0.1) is 11.2 Å². The molecule has 3 N–H and O–H groups in total. The third kappa shape index (κ3) is 4.46. The Kier molecular flexibility index (Phi) is 5.33. The van der Waals surface area contributed by atoms with Crippen LogP contribution in [0.3, 0.4) is 0 Å². The van der Waals surface area contributed by atoms with Crippen molar-refractivity contribution in [3.05, 3.63) is 48.4 Å². The number of nitrogens with zero attached hydrogens (tertiary/aromatic N) is 1. The van der Waals surface area contributed by atoms with Crippen molar-refractivity contribution >= 4 is 44.8 Å². The number of furan rings is 1. The summed E-state index contributed by atoms with van der Waals surface area (Å²) in [6.07, 6.45) is 2.82. The first-order chi connectivity index (χ1) is 12.4. The molecule has 0 radical (unpaired) electrons. The number of benzene rings is 1. The van der Waals surface area contributed by atoms with Crippen LogP contribution in [0.5, 0.6) is 0 Å². The summed E-state index contributed by atoms with van der Waals surface area (Å²) in [5.41, 5.74) is 0.422. The normalized spacial score (nSPS) is 13.8. The van der Waals surface area contributed by atoms with Gasteiger partial charge in [0.1, 0.15) is 5.84 Å². The van der Waals surface area contributed by atoms with Crippen molar-refractivity contribution in [1.29, 1.82) is 0 Å². The number of sulfonamides is 1. The maximum absolute atomic E-state index is 12.4. The molecule has 1 aliphatic rings. The topological polar surface area (TPSA) is 113 Å². The molecule has 0 unspecified atom stereocenters.